The summed E-state index contributed by atoms with van der Waals surface area (Å²) in [6, 6.07) is 7.07. The second kappa shape index (κ2) is 9.82. The van der Waals surface area contributed by atoms with Gasteiger partial charge in [0.1, 0.15) is 11.6 Å². The zero-order valence-corrected chi connectivity index (χ0v) is 13.5. The maximum Gasteiger partial charge on any atom is 0.267 e. The number of aryl methyl sites for hydroxylation is 1. The smallest absolute Gasteiger partial charge is 0.267 e. The van der Waals surface area contributed by atoms with E-state index < -0.39 is 5.91 Å². The highest BCUT2D eigenvalue weighted by Crippen LogP contribution is 2.20. The molecule has 0 radical (unpaired) electrons. The van der Waals surface area contributed by atoms with Gasteiger partial charge in [-0.05, 0) is 38.0 Å². The first kappa shape index (κ1) is 18.0. The van der Waals surface area contributed by atoms with Crippen molar-refractivity contribution in [1.82, 2.24) is 5.32 Å². The van der Waals surface area contributed by atoms with Crippen molar-refractivity contribution in [3.05, 3.63) is 40.6 Å². The fraction of sp³-hybridized carbons (Fsp3) is 0.375. The molecule has 0 aliphatic rings. The quantitative estimate of drug-likeness (QED) is 0.438. The van der Waals surface area contributed by atoms with Crippen LogP contribution >= 0.6 is 11.6 Å². The summed E-state index contributed by atoms with van der Waals surface area (Å²) in [5.74, 6) is -0.472. The summed E-state index contributed by atoms with van der Waals surface area (Å²) in [5.41, 5.74) is 1.48. The second-order valence-electron chi connectivity index (χ2n) is 4.59. The van der Waals surface area contributed by atoms with Crippen molar-refractivity contribution in [2.45, 2.75) is 20.3 Å². The van der Waals surface area contributed by atoms with Gasteiger partial charge in [-0.1, -0.05) is 17.7 Å². The third kappa shape index (κ3) is 6.17. The zero-order chi connectivity index (χ0) is 16.4. The van der Waals surface area contributed by atoms with Crippen molar-refractivity contribution < 1.29 is 9.53 Å². The van der Waals surface area contributed by atoms with Crippen molar-refractivity contribution in [2.24, 2.45) is 0 Å². The minimum Gasteiger partial charge on any atom is -0.390 e. The number of benzene rings is 1. The van der Waals surface area contributed by atoms with E-state index in [2.05, 4.69) is 10.6 Å². The predicted molar refractivity (Wildman–Crippen MR) is 87.6 cm³/mol. The van der Waals surface area contributed by atoms with Crippen LogP contribution in [-0.2, 0) is 9.53 Å². The van der Waals surface area contributed by atoms with Crippen LogP contribution in [0.5, 0.6) is 0 Å². The Morgan fingerprint density at radius 1 is 1.50 bits per heavy atom. The maximum atomic E-state index is 12.0. The molecule has 6 heteroatoms. The summed E-state index contributed by atoms with van der Waals surface area (Å²) in [7, 11) is 0. The van der Waals surface area contributed by atoms with E-state index in [0.29, 0.717) is 30.5 Å². The molecule has 0 unspecified atom stereocenters. The molecule has 0 saturated heterocycles. The van der Waals surface area contributed by atoms with Crippen LogP contribution in [0.15, 0.2) is 30.0 Å². The van der Waals surface area contributed by atoms with Gasteiger partial charge >= 0.3 is 0 Å². The zero-order valence-electron chi connectivity index (χ0n) is 12.8. The monoisotopic (exact) mass is 321 g/mol. The van der Waals surface area contributed by atoms with Gasteiger partial charge in [0.05, 0.1) is 0 Å². The van der Waals surface area contributed by atoms with Crippen LogP contribution in [0.1, 0.15) is 18.9 Å². The van der Waals surface area contributed by atoms with Gasteiger partial charge in [-0.25, -0.2) is 0 Å². The maximum absolute atomic E-state index is 12.0. The Labute approximate surface area is 135 Å². The Morgan fingerprint density at radius 2 is 2.27 bits per heavy atom. The summed E-state index contributed by atoms with van der Waals surface area (Å²) < 4.78 is 5.20. The van der Waals surface area contributed by atoms with E-state index in [4.69, 9.17) is 21.6 Å². The lowest BCUT2D eigenvalue weighted by molar-refractivity contribution is -0.112. The van der Waals surface area contributed by atoms with Crippen molar-refractivity contribution >= 4 is 23.2 Å². The molecular weight excluding hydrogens is 302 g/mol. The molecule has 0 heterocycles. The fourth-order valence-electron chi connectivity index (χ4n) is 1.61. The molecule has 1 rings (SSSR count). The molecule has 0 fully saturated rings. The Bertz CT molecular complexity index is 579. The molecule has 1 aromatic carbocycles. The minimum absolute atomic E-state index is 0.00751. The standard InChI is InChI=1S/C16H20ClN3O2/c1-3-22-8-4-7-19-11-13(10-18)16(21)20-14-6-5-12(2)15(17)9-14/h5-6,9,11,19H,3-4,7-8H2,1-2H3,(H,20,21)/b13-11-. The average molecular weight is 322 g/mol. The van der Waals surface area contributed by atoms with Gasteiger partial charge < -0.3 is 15.4 Å². The highest BCUT2D eigenvalue weighted by molar-refractivity contribution is 6.31. The number of carbonyl (C=O) groups excluding carboxylic acids is 1. The van der Waals surface area contributed by atoms with E-state index in [1.54, 1.807) is 18.2 Å². The summed E-state index contributed by atoms with van der Waals surface area (Å²) >= 11 is 6.00. The van der Waals surface area contributed by atoms with Crippen molar-refractivity contribution in [2.75, 3.05) is 25.1 Å². The van der Waals surface area contributed by atoms with Gasteiger partial charge in [0.25, 0.3) is 5.91 Å². The number of halogens is 1. The first-order valence-electron chi connectivity index (χ1n) is 7.07. The van der Waals surface area contributed by atoms with Gasteiger partial charge in [0.15, 0.2) is 0 Å². The minimum atomic E-state index is -0.472. The SMILES string of the molecule is CCOCCCN/C=C(/C#N)C(=O)Nc1ccc(C)c(Cl)c1. The molecule has 0 saturated carbocycles. The number of hydrogen-bond donors (Lipinski definition) is 2. The van der Waals surface area contributed by atoms with Gasteiger partial charge in [0.2, 0.25) is 0 Å². The summed E-state index contributed by atoms with van der Waals surface area (Å²) in [4.78, 5) is 12.0. The lowest BCUT2D eigenvalue weighted by Gasteiger charge is -2.07. The number of ether oxygens (including phenoxy) is 1. The molecule has 0 aliphatic heterocycles. The molecule has 118 valence electrons. The number of hydrogen-bond acceptors (Lipinski definition) is 4. The number of nitriles is 1. The van der Waals surface area contributed by atoms with Crippen LogP contribution in [0.4, 0.5) is 5.69 Å². The van der Waals surface area contributed by atoms with Crippen molar-refractivity contribution in [1.29, 1.82) is 5.26 Å². The van der Waals surface area contributed by atoms with Gasteiger partial charge in [-0.2, -0.15) is 5.26 Å². The largest absolute Gasteiger partial charge is 0.390 e. The lowest BCUT2D eigenvalue weighted by atomic mass is 10.2. The van der Waals surface area contributed by atoms with E-state index in [-0.39, 0.29) is 5.57 Å². The topological polar surface area (TPSA) is 74.1 Å². The predicted octanol–water partition coefficient (Wildman–Crippen LogP) is 3.01. The number of rotatable bonds is 8. The molecule has 0 aromatic heterocycles. The van der Waals surface area contributed by atoms with Crippen LogP contribution in [0.2, 0.25) is 5.02 Å². The number of nitrogens with zero attached hydrogens (tertiary/aromatic N) is 1. The van der Waals surface area contributed by atoms with E-state index >= 15 is 0 Å². The van der Waals surface area contributed by atoms with Crippen LogP contribution < -0.4 is 10.6 Å². The van der Waals surface area contributed by atoms with Gasteiger partial charge in [0, 0.05) is 36.7 Å². The normalized spacial score (nSPS) is 10.9. The van der Waals surface area contributed by atoms with Gasteiger partial charge in [-0.15, -0.1) is 0 Å². The number of carbonyl (C=O) groups is 1. The second-order valence-corrected chi connectivity index (χ2v) is 5.00. The fourth-order valence-corrected chi connectivity index (χ4v) is 1.79. The molecular formula is C16H20ClN3O2. The molecule has 0 spiro atoms. The first-order valence-corrected chi connectivity index (χ1v) is 7.45. The number of nitrogens with one attached hydrogen (secondary N) is 2. The summed E-state index contributed by atoms with van der Waals surface area (Å²) in [6.07, 6.45) is 2.22. The van der Waals surface area contributed by atoms with Crippen molar-refractivity contribution in [3.8, 4) is 6.07 Å². The first-order chi connectivity index (χ1) is 10.6. The third-order valence-electron chi connectivity index (χ3n) is 2.86. The third-order valence-corrected chi connectivity index (χ3v) is 3.26. The van der Waals surface area contributed by atoms with Crippen LogP contribution in [0.25, 0.3) is 0 Å². The Balaban J connectivity index is 2.53. The summed E-state index contributed by atoms with van der Waals surface area (Å²) in [5, 5.41) is 15.2. The highest BCUT2D eigenvalue weighted by atomic mass is 35.5. The Hall–Kier alpha value is -2.03. The average Bonchev–Trinajstić information content (AvgIpc) is 2.50. The Morgan fingerprint density at radius 3 is 2.91 bits per heavy atom. The van der Waals surface area contributed by atoms with E-state index in [1.807, 2.05) is 19.9 Å². The molecule has 0 atom stereocenters. The number of amides is 1. The highest BCUT2D eigenvalue weighted by Gasteiger charge is 2.09. The molecule has 2 N–H and O–H groups in total. The number of anilines is 1. The van der Waals surface area contributed by atoms with Crippen LogP contribution in [0, 0.1) is 18.3 Å². The van der Waals surface area contributed by atoms with Crippen LogP contribution in [0.3, 0.4) is 0 Å². The molecule has 5 nitrogen and oxygen atoms in total. The van der Waals surface area contributed by atoms with E-state index in [1.165, 1.54) is 6.20 Å². The van der Waals surface area contributed by atoms with Crippen LogP contribution in [-0.4, -0.2) is 25.7 Å². The summed E-state index contributed by atoms with van der Waals surface area (Å²) in [6.45, 7) is 5.77. The Kier molecular flexibility index (Phi) is 8.05. The van der Waals surface area contributed by atoms with E-state index in [0.717, 1.165) is 12.0 Å². The molecule has 0 bridgehead atoms. The molecule has 0 aliphatic carbocycles. The molecule has 1 aromatic rings. The molecule has 22 heavy (non-hydrogen) atoms. The molecule has 1 amide bonds. The van der Waals surface area contributed by atoms with Crippen molar-refractivity contribution in [3.63, 3.8) is 0 Å². The van der Waals surface area contributed by atoms with Gasteiger partial charge in [-0.3, -0.25) is 4.79 Å². The van der Waals surface area contributed by atoms with E-state index in [9.17, 15) is 4.79 Å². The lowest BCUT2D eigenvalue weighted by Crippen LogP contribution is -2.17.